The zero-order valence-corrected chi connectivity index (χ0v) is 20.1. The summed E-state index contributed by atoms with van der Waals surface area (Å²) in [5.74, 6) is 0.714. The number of aromatic nitrogens is 1. The first kappa shape index (κ1) is 23.2. The molecule has 0 radical (unpaired) electrons. The van der Waals surface area contributed by atoms with Crippen molar-refractivity contribution in [1.82, 2.24) is 9.47 Å². The number of hydrogen-bond acceptors (Lipinski definition) is 6. The van der Waals surface area contributed by atoms with Crippen molar-refractivity contribution >= 4 is 39.1 Å². The third-order valence-electron chi connectivity index (χ3n) is 5.92. The number of β-amino-alcohol motifs (C(OH)–C–C–N with tert-alkyl or cyclic N) is 1. The normalized spacial score (nSPS) is 17.6. The molecule has 0 aliphatic carbocycles. The minimum atomic E-state index is -1.11. The Morgan fingerprint density at radius 3 is 2.54 bits per heavy atom. The van der Waals surface area contributed by atoms with Crippen LogP contribution in [-0.2, 0) is 0 Å². The molecule has 1 aliphatic rings. The predicted molar refractivity (Wildman–Crippen MR) is 134 cm³/mol. The molecule has 8 nitrogen and oxygen atoms in total. The molecular formula is C25H21ClN2O6S. The van der Waals surface area contributed by atoms with Gasteiger partial charge in [-0.05, 0) is 42.0 Å². The summed E-state index contributed by atoms with van der Waals surface area (Å²) in [5, 5.41) is 20.8. The van der Waals surface area contributed by atoms with Crippen LogP contribution in [0.4, 0.5) is 4.79 Å². The lowest BCUT2D eigenvalue weighted by Crippen LogP contribution is -2.30. The van der Waals surface area contributed by atoms with Crippen LogP contribution >= 0.6 is 22.9 Å². The van der Waals surface area contributed by atoms with Crippen molar-refractivity contribution in [2.75, 3.05) is 20.2 Å². The van der Waals surface area contributed by atoms with Gasteiger partial charge in [0.2, 0.25) is 0 Å². The van der Waals surface area contributed by atoms with Crippen molar-refractivity contribution in [3.8, 4) is 27.6 Å². The molecule has 1 aliphatic heterocycles. The van der Waals surface area contributed by atoms with E-state index in [0.717, 1.165) is 20.7 Å². The van der Waals surface area contributed by atoms with Crippen LogP contribution in [0, 0.1) is 0 Å². The molecule has 4 aromatic rings. The maximum Gasteiger partial charge on any atom is 0.407 e. The second-order valence-electron chi connectivity index (χ2n) is 8.14. The molecule has 2 unspecified atom stereocenters. The smallest absolute Gasteiger partial charge is 0.407 e. The third kappa shape index (κ3) is 4.45. The monoisotopic (exact) mass is 512 g/mol. The second-order valence-corrected chi connectivity index (χ2v) is 9.63. The molecule has 2 aromatic carbocycles. The number of pyridine rings is 1. The Hall–Kier alpha value is -3.53. The number of benzene rings is 2. The average molecular weight is 513 g/mol. The maximum atomic E-state index is 13.3. The van der Waals surface area contributed by atoms with Gasteiger partial charge in [-0.3, -0.25) is 9.36 Å². The van der Waals surface area contributed by atoms with Crippen LogP contribution in [0.2, 0.25) is 5.02 Å². The molecule has 180 valence electrons. The van der Waals surface area contributed by atoms with E-state index in [9.17, 15) is 14.7 Å². The molecule has 2 N–H and O–H groups in total. The number of fused-ring (bicyclic) bond motifs is 1. The van der Waals surface area contributed by atoms with Crippen molar-refractivity contribution in [3.05, 3.63) is 76.2 Å². The van der Waals surface area contributed by atoms with Gasteiger partial charge in [-0.2, -0.15) is 0 Å². The summed E-state index contributed by atoms with van der Waals surface area (Å²) >= 11 is 7.41. The number of nitrogens with zero attached hydrogens (tertiary/aromatic N) is 2. The fraction of sp³-hybridized carbons (Fsp3) is 0.200. The Morgan fingerprint density at radius 2 is 1.86 bits per heavy atom. The number of carboxylic acid groups (broad SMARTS) is 1. The van der Waals surface area contributed by atoms with Crippen LogP contribution in [0.15, 0.2) is 65.6 Å². The second kappa shape index (κ2) is 9.26. The fourth-order valence-electron chi connectivity index (χ4n) is 4.08. The van der Waals surface area contributed by atoms with Gasteiger partial charge in [0.1, 0.15) is 16.9 Å². The number of likely N-dealkylation sites (tertiary alicyclic amines) is 1. The van der Waals surface area contributed by atoms with Gasteiger partial charge in [-0.15, -0.1) is 11.3 Å². The SMILES string of the molecule is COc1cc(-n2ccc3cc(-c4ccc(Cl)cc4)sc3c2=O)ccc1OC1CN(C(=O)O)CC1O. The Labute approximate surface area is 209 Å². The van der Waals surface area contributed by atoms with E-state index in [1.165, 1.54) is 23.0 Å². The molecular weight excluding hydrogens is 492 g/mol. The highest BCUT2D eigenvalue weighted by molar-refractivity contribution is 7.22. The summed E-state index contributed by atoms with van der Waals surface area (Å²) in [4.78, 5) is 26.6. The van der Waals surface area contributed by atoms with Crippen molar-refractivity contribution in [2.24, 2.45) is 0 Å². The number of ether oxygens (including phenoxy) is 2. The summed E-state index contributed by atoms with van der Waals surface area (Å²) < 4.78 is 13.5. The lowest BCUT2D eigenvalue weighted by Gasteiger charge is -2.19. The summed E-state index contributed by atoms with van der Waals surface area (Å²) in [6.45, 7) is 0.0283. The molecule has 5 rings (SSSR count). The molecule has 0 saturated carbocycles. The van der Waals surface area contributed by atoms with Crippen LogP contribution < -0.4 is 15.0 Å². The maximum absolute atomic E-state index is 13.3. The number of rotatable bonds is 5. The molecule has 1 saturated heterocycles. The first-order chi connectivity index (χ1) is 16.8. The molecule has 1 fully saturated rings. The summed E-state index contributed by atoms with van der Waals surface area (Å²) in [7, 11) is 1.48. The number of halogens is 1. The molecule has 2 atom stereocenters. The molecule has 10 heteroatoms. The first-order valence-corrected chi connectivity index (χ1v) is 12.0. The minimum absolute atomic E-state index is 0.0192. The Morgan fingerprint density at radius 1 is 1.09 bits per heavy atom. The van der Waals surface area contributed by atoms with E-state index >= 15 is 0 Å². The highest BCUT2D eigenvalue weighted by Crippen LogP contribution is 2.34. The van der Waals surface area contributed by atoms with Crippen LogP contribution in [0.3, 0.4) is 0 Å². The van der Waals surface area contributed by atoms with Crippen LogP contribution in [0.25, 0.3) is 26.2 Å². The molecule has 3 heterocycles. The zero-order valence-electron chi connectivity index (χ0n) is 18.6. The largest absolute Gasteiger partial charge is 0.493 e. The minimum Gasteiger partial charge on any atom is -0.493 e. The molecule has 1 amide bonds. The van der Waals surface area contributed by atoms with Gasteiger partial charge < -0.3 is 24.6 Å². The van der Waals surface area contributed by atoms with Gasteiger partial charge in [0, 0.05) is 27.5 Å². The van der Waals surface area contributed by atoms with Crippen molar-refractivity contribution < 1.29 is 24.5 Å². The highest BCUT2D eigenvalue weighted by Gasteiger charge is 2.36. The number of aliphatic hydroxyl groups excluding tert-OH is 1. The molecule has 0 spiro atoms. The van der Waals surface area contributed by atoms with Gasteiger partial charge in [0.15, 0.2) is 11.5 Å². The van der Waals surface area contributed by atoms with E-state index in [2.05, 4.69) is 0 Å². The fourth-order valence-corrected chi connectivity index (χ4v) is 5.30. The lowest BCUT2D eigenvalue weighted by molar-refractivity contribution is 0.0717. The Balaban J connectivity index is 1.45. The topological polar surface area (TPSA) is 101 Å². The number of hydrogen-bond donors (Lipinski definition) is 2. The summed E-state index contributed by atoms with van der Waals surface area (Å²) in [6, 6.07) is 16.4. The van der Waals surface area contributed by atoms with Gasteiger partial charge in [-0.1, -0.05) is 23.7 Å². The Kier molecular flexibility index (Phi) is 6.14. The average Bonchev–Trinajstić information content (AvgIpc) is 3.45. The number of carbonyl (C=O) groups is 1. The standard InChI is InChI=1S/C25H21ClN2O6S/c1-33-20-11-17(6-7-19(20)34-21-13-27(25(31)32)12-18(21)29)28-9-8-15-10-22(35-23(15)24(28)30)14-2-4-16(26)5-3-14/h2-11,18,21,29H,12-13H2,1H3,(H,31,32). The van der Waals surface area contributed by atoms with Gasteiger partial charge in [-0.25, -0.2) is 4.79 Å². The zero-order chi connectivity index (χ0) is 24.7. The van der Waals surface area contributed by atoms with Gasteiger partial charge >= 0.3 is 6.09 Å². The predicted octanol–water partition coefficient (Wildman–Crippen LogP) is 4.48. The van der Waals surface area contributed by atoms with E-state index in [-0.39, 0.29) is 18.6 Å². The van der Waals surface area contributed by atoms with Crippen LogP contribution in [0.1, 0.15) is 0 Å². The molecule has 35 heavy (non-hydrogen) atoms. The third-order valence-corrected chi connectivity index (χ3v) is 7.36. The van der Waals surface area contributed by atoms with E-state index in [1.807, 2.05) is 36.4 Å². The number of methoxy groups -OCH3 is 1. The van der Waals surface area contributed by atoms with E-state index in [0.29, 0.717) is 26.9 Å². The number of aliphatic hydroxyl groups is 1. The van der Waals surface area contributed by atoms with E-state index in [1.54, 1.807) is 24.4 Å². The Bertz CT molecular complexity index is 1470. The van der Waals surface area contributed by atoms with E-state index < -0.39 is 18.3 Å². The molecule has 2 aromatic heterocycles. The number of thiophene rings is 1. The van der Waals surface area contributed by atoms with E-state index in [4.69, 9.17) is 26.2 Å². The van der Waals surface area contributed by atoms with Crippen LogP contribution in [0.5, 0.6) is 11.5 Å². The van der Waals surface area contributed by atoms with Crippen molar-refractivity contribution in [1.29, 1.82) is 0 Å². The van der Waals surface area contributed by atoms with Crippen molar-refractivity contribution in [2.45, 2.75) is 12.2 Å². The summed E-state index contributed by atoms with van der Waals surface area (Å²) in [6.07, 6.45) is -1.07. The lowest BCUT2D eigenvalue weighted by atomic mass is 10.2. The number of amides is 1. The quantitative estimate of drug-likeness (QED) is 0.409. The van der Waals surface area contributed by atoms with Crippen LogP contribution in [-0.4, -0.2) is 58.2 Å². The van der Waals surface area contributed by atoms with Gasteiger partial charge in [0.25, 0.3) is 5.56 Å². The first-order valence-electron chi connectivity index (χ1n) is 10.8. The van der Waals surface area contributed by atoms with Gasteiger partial charge in [0.05, 0.1) is 25.9 Å². The van der Waals surface area contributed by atoms with Crippen molar-refractivity contribution in [3.63, 3.8) is 0 Å². The molecule has 0 bridgehead atoms. The highest BCUT2D eigenvalue weighted by atomic mass is 35.5. The summed E-state index contributed by atoms with van der Waals surface area (Å²) in [5.41, 5.74) is 1.41.